The Morgan fingerprint density at radius 3 is 2.57 bits per heavy atom. The van der Waals surface area contributed by atoms with Gasteiger partial charge in [-0.15, -0.1) is 0 Å². The predicted octanol–water partition coefficient (Wildman–Crippen LogP) is 3.14. The van der Waals surface area contributed by atoms with Gasteiger partial charge in [-0.1, -0.05) is 19.3 Å². The first-order valence-corrected chi connectivity index (χ1v) is 8.93. The van der Waals surface area contributed by atoms with Crippen LogP contribution >= 0.6 is 0 Å². The van der Waals surface area contributed by atoms with Crippen LogP contribution in [-0.2, 0) is 4.79 Å². The summed E-state index contributed by atoms with van der Waals surface area (Å²) in [7, 11) is 2.10. The summed E-state index contributed by atoms with van der Waals surface area (Å²) in [5.74, 6) is 1.20. The molecule has 0 saturated heterocycles. The average Bonchev–Trinajstić information content (AvgIpc) is 3.39. The second-order valence-corrected chi connectivity index (χ2v) is 7.12. The van der Waals surface area contributed by atoms with Gasteiger partial charge in [0.05, 0.1) is 6.04 Å². The van der Waals surface area contributed by atoms with E-state index in [9.17, 15) is 4.79 Å². The summed E-state index contributed by atoms with van der Waals surface area (Å²) in [6.45, 7) is 4.02. The van der Waals surface area contributed by atoms with E-state index in [-0.39, 0.29) is 17.9 Å². The van der Waals surface area contributed by atoms with E-state index in [4.69, 9.17) is 4.98 Å². The first kappa shape index (κ1) is 16.2. The Bertz CT molecular complexity index is 564. The lowest BCUT2D eigenvalue weighted by molar-refractivity contribution is -0.122. The van der Waals surface area contributed by atoms with Crippen molar-refractivity contribution in [3.05, 3.63) is 17.5 Å². The fourth-order valence-corrected chi connectivity index (χ4v) is 3.45. The highest BCUT2D eigenvalue weighted by molar-refractivity contribution is 5.81. The van der Waals surface area contributed by atoms with Gasteiger partial charge in [0, 0.05) is 36.5 Å². The molecule has 0 aliphatic heterocycles. The summed E-state index contributed by atoms with van der Waals surface area (Å²) < 4.78 is 0. The Hall–Kier alpha value is -1.65. The number of aryl methyl sites for hydroxylation is 1. The second-order valence-electron chi connectivity index (χ2n) is 7.12. The molecule has 0 spiro atoms. The normalized spacial score (nSPS) is 20.1. The molecule has 5 heteroatoms. The Balaban J connectivity index is 1.67. The summed E-state index contributed by atoms with van der Waals surface area (Å²) >= 11 is 0. The third-order valence-corrected chi connectivity index (χ3v) is 5.22. The lowest BCUT2D eigenvalue weighted by atomic mass is 9.95. The molecule has 2 aliphatic rings. The van der Waals surface area contributed by atoms with Crippen molar-refractivity contribution in [1.82, 2.24) is 15.3 Å². The number of hydrogen-bond acceptors (Lipinski definition) is 4. The zero-order valence-electron chi connectivity index (χ0n) is 14.5. The molecule has 1 aromatic rings. The molecule has 23 heavy (non-hydrogen) atoms. The zero-order valence-corrected chi connectivity index (χ0v) is 14.5. The number of nitrogens with one attached hydrogen (secondary N) is 1. The lowest BCUT2D eigenvalue weighted by Crippen LogP contribution is -2.35. The monoisotopic (exact) mass is 316 g/mol. The van der Waals surface area contributed by atoms with Crippen LogP contribution in [0.3, 0.4) is 0 Å². The van der Waals surface area contributed by atoms with E-state index in [1.807, 2.05) is 20.0 Å². The predicted molar refractivity (Wildman–Crippen MR) is 91.3 cm³/mol. The van der Waals surface area contributed by atoms with E-state index in [2.05, 4.69) is 22.2 Å². The third-order valence-electron chi connectivity index (χ3n) is 5.22. The number of amides is 1. The van der Waals surface area contributed by atoms with Crippen LogP contribution in [0.5, 0.6) is 0 Å². The molecule has 1 atom stereocenters. The van der Waals surface area contributed by atoms with E-state index in [0.29, 0.717) is 6.04 Å². The van der Waals surface area contributed by atoms with E-state index in [0.717, 1.165) is 30.0 Å². The van der Waals surface area contributed by atoms with Crippen LogP contribution in [0.2, 0.25) is 0 Å². The fourth-order valence-electron chi connectivity index (χ4n) is 3.45. The largest absolute Gasteiger partial charge is 0.349 e. The average molecular weight is 316 g/mol. The maximum Gasteiger partial charge on any atom is 0.225 e. The van der Waals surface area contributed by atoms with Crippen LogP contribution in [0.4, 0.5) is 5.95 Å². The van der Waals surface area contributed by atoms with Gasteiger partial charge >= 0.3 is 0 Å². The molecule has 1 N–H and O–H groups in total. The van der Waals surface area contributed by atoms with Crippen LogP contribution in [-0.4, -0.2) is 29.0 Å². The number of anilines is 1. The van der Waals surface area contributed by atoms with Crippen molar-refractivity contribution >= 4 is 11.9 Å². The highest BCUT2D eigenvalue weighted by Crippen LogP contribution is 2.30. The molecule has 3 rings (SSSR count). The van der Waals surface area contributed by atoms with Crippen molar-refractivity contribution in [3.63, 3.8) is 0 Å². The molecule has 1 aromatic heterocycles. The molecule has 1 amide bonds. The van der Waals surface area contributed by atoms with E-state index in [1.165, 1.54) is 32.1 Å². The minimum absolute atomic E-state index is 0.0304. The molecule has 0 bridgehead atoms. The van der Waals surface area contributed by atoms with Crippen molar-refractivity contribution < 1.29 is 4.79 Å². The number of carbonyl (C=O) groups is 1. The number of hydrogen-bond donors (Lipinski definition) is 1. The van der Waals surface area contributed by atoms with Crippen LogP contribution in [0, 0.1) is 12.8 Å². The van der Waals surface area contributed by atoms with E-state index >= 15 is 0 Å². The van der Waals surface area contributed by atoms with Crippen molar-refractivity contribution in [2.45, 2.75) is 70.9 Å². The van der Waals surface area contributed by atoms with Gasteiger partial charge in [-0.05, 0) is 39.5 Å². The lowest BCUT2D eigenvalue weighted by Gasteiger charge is -2.31. The third kappa shape index (κ3) is 3.82. The van der Waals surface area contributed by atoms with E-state index in [1.54, 1.807) is 0 Å². The Morgan fingerprint density at radius 1 is 1.26 bits per heavy atom. The summed E-state index contributed by atoms with van der Waals surface area (Å²) in [6.07, 6.45) is 10.4. The summed E-state index contributed by atoms with van der Waals surface area (Å²) in [5.41, 5.74) is 1.97. The van der Waals surface area contributed by atoms with Gasteiger partial charge in [-0.25, -0.2) is 9.97 Å². The molecule has 0 unspecified atom stereocenters. The Kier molecular flexibility index (Phi) is 4.83. The first-order chi connectivity index (χ1) is 11.1. The zero-order chi connectivity index (χ0) is 16.4. The van der Waals surface area contributed by atoms with E-state index < -0.39 is 0 Å². The smallest absolute Gasteiger partial charge is 0.225 e. The minimum Gasteiger partial charge on any atom is -0.349 e. The molecule has 5 nitrogen and oxygen atoms in total. The molecular formula is C18H28N4O. The Labute approximate surface area is 138 Å². The van der Waals surface area contributed by atoms with Gasteiger partial charge in [-0.2, -0.15) is 0 Å². The standard InChI is InChI=1S/C18H28N4O/c1-12(20-17(23)14-9-10-14)16-11-19-18(21-13(16)2)22(3)15-7-5-4-6-8-15/h11-12,14-15H,4-10H2,1-3H3,(H,20,23)/t12-/m1/s1. The molecule has 1 heterocycles. The number of carbonyl (C=O) groups excluding carboxylic acids is 1. The maximum absolute atomic E-state index is 11.9. The first-order valence-electron chi connectivity index (χ1n) is 8.93. The molecular weight excluding hydrogens is 288 g/mol. The van der Waals surface area contributed by atoms with Gasteiger partial charge in [0.2, 0.25) is 11.9 Å². The molecule has 0 radical (unpaired) electrons. The topological polar surface area (TPSA) is 58.1 Å². The maximum atomic E-state index is 11.9. The quantitative estimate of drug-likeness (QED) is 0.906. The van der Waals surface area contributed by atoms with Crippen LogP contribution in [0.25, 0.3) is 0 Å². The molecule has 2 fully saturated rings. The summed E-state index contributed by atoms with van der Waals surface area (Å²) in [4.78, 5) is 23.4. The second kappa shape index (κ2) is 6.85. The highest BCUT2D eigenvalue weighted by Gasteiger charge is 2.30. The minimum atomic E-state index is -0.0304. The number of rotatable bonds is 5. The van der Waals surface area contributed by atoms with Crippen molar-refractivity contribution in [3.8, 4) is 0 Å². The molecule has 126 valence electrons. The van der Waals surface area contributed by atoms with Crippen LogP contribution in [0.15, 0.2) is 6.20 Å². The van der Waals surface area contributed by atoms with Crippen molar-refractivity contribution in [1.29, 1.82) is 0 Å². The molecule has 2 saturated carbocycles. The van der Waals surface area contributed by atoms with Gasteiger partial charge in [0.25, 0.3) is 0 Å². The number of nitrogens with zero attached hydrogens (tertiary/aromatic N) is 3. The van der Waals surface area contributed by atoms with Gasteiger partial charge in [0.15, 0.2) is 0 Å². The Morgan fingerprint density at radius 2 is 1.96 bits per heavy atom. The van der Waals surface area contributed by atoms with Crippen molar-refractivity contribution in [2.24, 2.45) is 5.92 Å². The van der Waals surface area contributed by atoms with Gasteiger partial charge in [-0.3, -0.25) is 4.79 Å². The summed E-state index contributed by atoms with van der Waals surface area (Å²) in [6, 6.07) is 0.526. The SMILES string of the molecule is Cc1nc(N(C)C2CCCCC2)ncc1[C@@H](C)NC(=O)C1CC1. The number of aromatic nitrogens is 2. The van der Waals surface area contributed by atoms with Gasteiger partial charge < -0.3 is 10.2 Å². The highest BCUT2D eigenvalue weighted by atomic mass is 16.2. The van der Waals surface area contributed by atoms with Crippen LogP contribution in [0.1, 0.15) is 69.2 Å². The van der Waals surface area contributed by atoms with Crippen molar-refractivity contribution in [2.75, 3.05) is 11.9 Å². The summed E-state index contributed by atoms with van der Waals surface area (Å²) in [5, 5.41) is 3.08. The molecule has 2 aliphatic carbocycles. The molecule has 0 aromatic carbocycles. The fraction of sp³-hybridized carbons (Fsp3) is 0.722. The van der Waals surface area contributed by atoms with Gasteiger partial charge in [0.1, 0.15) is 0 Å². The van der Waals surface area contributed by atoms with Crippen LogP contribution < -0.4 is 10.2 Å².